The second-order valence-electron chi connectivity index (χ2n) is 7.49. The summed E-state index contributed by atoms with van der Waals surface area (Å²) in [5.41, 5.74) is 0. The predicted molar refractivity (Wildman–Crippen MR) is 88.9 cm³/mol. The lowest BCUT2D eigenvalue weighted by Crippen LogP contribution is -2.59. The molecule has 4 heteroatoms. The number of unbranched alkanes of at least 4 members (excludes halogenated alkanes) is 6. The summed E-state index contributed by atoms with van der Waals surface area (Å²) in [6.07, 6.45) is 8.64. The summed E-state index contributed by atoms with van der Waals surface area (Å²) in [6, 6.07) is 0.315. The number of fused-ring (bicyclic) bond motifs is 1. The van der Waals surface area contributed by atoms with Crippen LogP contribution in [-0.4, -0.2) is 53.2 Å². The van der Waals surface area contributed by atoms with Gasteiger partial charge in [-0.2, -0.15) is 0 Å². The van der Waals surface area contributed by atoms with Crippen molar-refractivity contribution >= 4 is 0 Å². The van der Waals surface area contributed by atoms with Crippen LogP contribution < -0.4 is 0 Å². The summed E-state index contributed by atoms with van der Waals surface area (Å²) in [7, 11) is 0. The van der Waals surface area contributed by atoms with Gasteiger partial charge in [0, 0.05) is 12.6 Å². The Balaban J connectivity index is 1.71. The highest BCUT2D eigenvalue weighted by Crippen LogP contribution is 2.36. The van der Waals surface area contributed by atoms with Gasteiger partial charge in [0.25, 0.3) is 0 Å². The van der Waals surface area contributed by atoms with Crippen molar-refractivity contribution in [1.82, 2.24) is 4.90 Å². The Morgan fingerprint density at radius 2 is 1.59 bits per heavy atom. The standard InChI is InChI=1S/C18H35NO3/c1-5-6-7-8-9-10-11-12-19-13-15(20)17-16(14(19)2)21-18(3,4)22-17/h14-17,20H,5-13H2,1-4H3/t14-,15+,16+,17-/m1/s1. The van der Waals surface area contributed by atoms with Crippen molar-refractivity contribution in [3.05, 3.63) is 0 Å². The third kappa shape index (κ3) is 4.67. The Hall–Kier alpha value is -0.160. The number of nitrogens with zero attached hydrogens (tertiary/aromatic N) is 1. The second kappa shape index (κ2) is 8.09. The molecule has 22 heavy (non-hydrogen) atoms. The van der Waals surface area contributed by atoms with E-state index in [0.29, 0.717) is 12.6 Å². The van der Waals surface area contributed by atoms with Crippen molar-refractivity contribution in [2.75, 3.05) is 13.1 Å². The van der Waals surface area contributed by atoms with Gasteiger partial charge >= 0.3 is 0 Å². The minimum Gasteiger partial charge on any atom is -0.389 e. The van der Waals surface area contributed by atoms with Crippen molar-refractivity contribution in [2.45, 2.75) is 103 Å². The lowest BCUT2D eigenvalue weighted by Gasteiger charge is -2.41. The van der Waals surface area contributed by atoms with Gasteiger partial charge in [-0.3, -0.25) is 4.90 Å². The molecule has 0 amide bonds. The maximum atomic E-state index is 10.4. The Labute approximate surface area is 136 Å². The fraction of sp³-hybridized carbons (Fsp3) is 1.00. The van der Waals surface area contributed by atoms with E-state index in [1.54, 1.807) is 0 Å². The Bertz CT molecular complexity index is 334. The molecule has 0 bridgehead atoms. The van der Waals surface area contributed by atoms with E-state index in [4.69, 9.17) is 9.47 Å². The van der Waals surface area contributed by atoms with Crippen LogP contribution in [0.1, 0.15) is 72.6 Å². The molecule has 0 aliphatic carbocycles. The average Bonchev–Trinajstić information content (AvgIpc) is 2.79. The summed E-state index contributed by atoms with van der Waals surface area (Å²) in [5.74, 6) is -0.570. The van der Waals surface area contributed by atoms with E-state index in [0.717, 1.165) is 6.54 Å². The highest BCUT2D eigenvalue weighted by molar-refractivity contribution is 4.98. The van der Waals surface area contributed by atoms with E-state index in [1.165, 1.54) is 44.9 Å². The molecule has 2 fully saturated rings. The van der Waals surface area contributed by atoms with Crippen LogP contribution in [-0.2, 0) is 9.47 Å². The monoisotopic (exact) mass is 313 g/mol. The van der Waals surface area contributed by atoms with E-state index in [1.807, 2.05) is 13.8 Å². The number of rotatable bonds is 8. The lowest BCUT2D eigenvalue weighted by atomic mass is 9.94. The topological polar surface area (TPSA) is 41.9 Å². The van der Waals surface area contributed by atoms with E-state index < -0.39 is 11.9 Å². The molecule has 0 aromatic carbocycles. The number of β-amino-alcohol motifs (C(OH)–C–C–N with tert-alkyl or cyclic N) is 1. The molecule has 2 aliphatic rings. The number of aliphatic hydroxyl groups is 1. The highest BCUT2D eigenvalue weighted by atomic mass is 16.8. The van der Waals surface area contributed by atoms with Crippen molar-refractivity contribution in [3.8, 4) is 0 Å². The third-order valence-electron chi connectivity index (χ3n) is 5.06. The molecule has 2 heterocycles. The fourth-order valence-electron chi connectivity index (χ4n) is 3.77. The van der Waals surface area contributed by atoms with Gasteiger partial charge < -0.3 is 14.6 Å². The molecule has 2 rings (SSSR count). The molecule has 0 unspecified atom stereocenters. The number of piperidine rings is 1. The largest absolute Gasteiger partial charge is 0.389 e. The zero-order valence-electron chi connectivity index (χ0n) is 14.9. The number of ether oxygens (including phenoxy) is 2. The minimum atomic E-state index is -0.570. The zero-order chi connectivity index (χ0) is 16.2. The van der Waals surface area contributed by atoms with Crippen LogP contribution in [0.5, 0.6) is 0 Å². The zero-order valence-corrected chi connectivity index (χ0v) is 14.9. The van der Waals surface area contributed by atoms with Gasteiger partial charge in [0.15, 0.2) is 5.79 Å². The normalized spacial score (nSPS) is 34.8. The van der Waals surface area contributed by atoms with Gasteiger partial charge in [-0.05, 0) is 33.7 Å². The van der Waals surface area contributed by atoms with Gasteiger partial charge in [-0.25, -0.2) is 0 Å². The lowest BCUT2D eigenvalue weighted by molar-refractivity contribution is -0.153. The molecule has 0 radical (unpaired) electrons. The Morgan fingerprint density at radius 3 is 2.27 bits per heavy atom. The molecular formula is C18H35NO3. The second-order valence-corrected chi connectivity index (χ2v) is 7.49. The van der Waals surface area contributed by atoms with Gasteiger partial charge in [0.05, 0.1) is 6.10 Å². The van der Waals surface area contributed by atoms with Gasteiger partial charge in [0.1, 0.15) is 12.2 Å². The van der Waals surface area contributed by atoms with Crippen molar-refractivity contribution < 1.29 is 14.6 Å². The first-order chi connectivity index (χ1) is 10.4. The molecule has 4 nitrogen and oxygen atoms in total. The highest BCUT2D eigenvalue weighted by Gasteiger charge is 2.51. The van der Waals surface area contributed by atoms with Crippen LogP contribution in [0.25, 0.3) is 0 Å². The first-order valence-electron chi connectivity index (χ1n) is 9.22. The molecule has 2 saturated heterocycles. The summed E-state index contributed by atoms with van der Waals surface area (Å²) >= 11 is 0. The van der Waals surface area contributed by atoms with E-state index in [-0.39, 0.29) is 12.2 Å². The van der Waals surface area contributed by atoms with Gasteiger partial charge in [-0.1, -0.05) is 45.4 Å². The van der Waals surface area contributed by atoms with Crippen molar-refractivity contribution in [3.63, 3.8) is 0 Å². The van der Waals surface area contributed by atoms with Crippen LogP contribution in [0.4, 0.5) is 0 Å². The first-order valence-corrected chi connectivity index (χ1v) is 9.22. The quantitative estimate of drug-likeness (QED) is 0.698. The van der Waals surface area contributed by atoms with Crippen LogP contribution in [0.3, 0.4) is 0 Å². The number of aliphatic hydroxyl groups excluding tert-OH is 1. The number of likely N-dealkylation sites (tertiary alicyclic amines) is 1. The maximum Gasteiger partial charge on any atom is 0.163 e. The molecule has 0 aromatic rings. The van der Waals surface area contributed by atoms with Gasteiger partial charge in [0.2, 0.25) is 0 Å². The Kier molecular flexibility index (Phi) is 6.69. The van der Waals surface area contributed by atoms with Crippen LogP contribution in [0.15, 0.2) is 0 Å². The van der Waals surface area contributed by atoms with Crippen LogP contribution in [0, 0.1) is 0 Å². The van der Waals surface area contributed by atoms with Crippen molar-refractivity contribution in [1.29, 1.82) is 0 Å². The first kappa shape index (κ1) is 18.2. The third-order valence-corrected chi connectivity index (χ3v) is 5.06. The Morgan fingerprint density at radius 1 is 1.00 bits per heavy atom. The summed E-state index contributed by atoms with van der Waals surface area (Å²) < 4.78 is 11.9. The summed E-state index contributed by atoms with van der Waals surface area (Å²) in [6.45, 7) is 10.1. The van der Waals surface area contributed by atoms with E-state index in [9.17, 15) is 5.11 Å². The predicted octanol–water partition coefficient (Wildman–Crippen LogP) is 3.32. The SMILES string of the molecule is CCCCCCCCCN1C[C@H](O)[C@H]2OC(C)(C)O[C@H]2[C@H]1C. The summed E-state index contributed by atoms with van der Waals surface area (Å²) in [4.78, 5) is 2.38. The smallest absolute Gasteiger partial charge is 0.163 e. The van der Waals surface area contributed by atoms with Gasteiger partial charge in [-0.15, -0.1) is 0 Å². The van der Waals surface area contributed by atoms with Crippen molar-refractivity contribution in [2.24, 2.45) is 0 Å². The van der Waals surface area contributed by atoms with E-state index in [2.05, 4.69) is 18.7 Å². The summed E-state index contributed by atoms with van der Waals surface area (Å²) in [5, 5.41) is 10.4. The van der Waals surface area contributed by atoms with E-state index >= 15 is 0 Å². The molecule has 0 aromatic heterocycles. The fourth-order valence-corrected chi connectivity index (χ4v) is 3.77. The number of hydrogen-bond acceptors (Lipinski definition) is 4. The number of hydrogen-bond donors (Lipinski definition) is 1. The maximum absolute atomic E-state index is 10.4. The molecule has 130 valence electrons. The molecule has 0 saturated carbocycles. The molecule has 1 N–H and O–H groups in total. The van der Waals surface area contributed by atoms with Crippen LogP contribution in [0.2, 0.25) is 0 Å². The average molecular weight is 313 g/mol. The molecular weight excluding hydrogens is 278 g/mol. The molecule has 4 atom stereocenters. The van der Waals surface area contributed by atoms with Crippen LogP contribution >= 0.6 is 0 Å². The minimum absolute atomic E-state index is 0.0108. The molecule has 2 aliphatic heterocycles. The molecule has 0 spiro atoms.